The van der Waals surface area contributed by atoms with E-state index >= 15 is 0 Å². The second-order valence-corrected chi connectivity index (χ2v) is 6.52. The number of thiocarbonyl (C=S) groups is 1. The van der Waals surface area contributed by atoms with Crippen LogP contribution in [0, 0.1) is 5.41 Å². The number of aliphatic imine (C=N–C) groups is 1. The van der Waals surface area contributed by atoms with Crippen LogP contribution in [-0.2, 0) is 5.41 Å². The predicted octanol–water partition coefficient (Wildman–Crippen LogP) is 5.03. The van der Waals surface area contributed by atoms with E-state index in [1.165, 1.54) is 44.1 Å². The average molecular weight is 257 g/mol. The van der Waals surface area contributed by atoms with Crippen molar-refractivity contribution in [3.8, 4) is 0 Å². The van der Waals surface area contributed by atoms with Crippen molar-refractivity contribution in [3.63, 3.8) is 0 Å². The molecule has 0 unspecified atom stereocenters. The first-order valence-electron chi connectivity index (χ1n) is 6.84. The fourth-order valence-corrected chi connectivity index (χ4v) is 3.85. The van der Waals surface area contributed by atoms with Crippen LogP contribution < -0.4 is 0 Å². The van der Waals surface area contributed by atoms with Crippen molar-refractivity contribution in [3.05, 3.63) is 29.8 Å². The van der Waals surface area contributed by atoms with Crippen LogP contribution in [0.15, 0.2) is 29.3 Å². The largest absolute Gasteiger partial charge is 0.195 e. The highest BCUT2D eigenvalue weighted by Crippen LogP contribution is 2.57. The van der Waals surface area contributed by atoms with Gasteiger partial charge in [0, 0.05) is 0 Å². The number of isothiocyanates is 1. The van der Waals surface area contributed by atoms with Crippen LogP contribution >= 0.6 is 12.2 Å². The molecule has 3 aliphatic rings. The number of hydrogen-bond donors (Lipinski definition) is 0. The fraction of sp³-hybridized carbons (Fsp3) is 0.562. The first-order valence-corrected chi connectivity index (χ1v) is 7.25. The van der Waals surface area contributed by atoms with E-state index in [0.717, 1.165) is 5.69 Å². The highest BCUT2D eigenvalue weighted by atomic mass is 32.1. The van der Waals surface area contributed by atoms with E-state index in [0.29, 0.717) is 10.8 Å². The van der Waals surface area contributed by atoms with E-state index < -0.39 is 0 Å². The van der Waals surface area contributed by atoms with Crippen LogP contribution in [0.5, 0.6) is 0 Å². The zero-order valence-corrected chi connectivity index (χ0v) is 11.7. The smallest absolute Gasteiger partial charge is 0.0739 e. The van der Waals surface area contributed by atoms with Gasteiger partial charge in [-0.25, -0.2) is 0 Å². The van der Waals surface area contributed by atoms with E-state index in [-0.39, 0.29) is 0 Å². The molecule has 4 rings (SSSR count). The number of rotatable bonds is 2. The maximum absolute atomic E-state index is 4.64. The zero-order chi connectivity index (χ0) is 12.6. The van der Waals surface area contributed by atoms with Crippen molar-refractivity contribution >= 4 is 23.1 Å². The number of fused-ring (bicyclic) bond motifs is 3. The van der Waals surface area contributed by atoms with Gasteiger partial charge in [0.1, 0.15) is 0 Å². The fourth-order valence-electron chi connectivity index (χ4n) is 3.75. The minimum absolute atomic E-state index is 0.456. The Labute approximate surface area is 114 Å². The summed E-state index contributed by atoms with van der Waals surface area (Å²) in [6.45, 7) is 2.47. The number of benzene rings is 1. The Bertz CT molecular complexity index is 472. The third-order valence-corrected chi connectivity index (χ3v) is 5.37. The van der Waals surface area contributed by atoms with Crippen molar-refractivity contribution in [1.29, 1.82) is 0 Å². The van der Waals surface area contributed by atoms with E-state index in [2.05, 4.69) is 53.6 Å². The topological polar surface area (TPSA) is 12.4 Å². The summed E-state index contributed by atoms with van der Waals surface area (Å²) in [5, 5.41) is 2.43. The lowest BCUT2D eigenvalue weighted by Gasteiger charge is -2.52. The molecule has 0 amide bonds. The lowest BCUT2D eigenvalue weighted by molar-refractivity contribution is 0.0556. The Balaban J connectivity index is 1.88. The molecule has 0 atom stereocenters. The van der Waals surface area contributed by atoms with Crippen LogP contribution in [0.4, 0.5) is 5.69 Å². The summed E-state index contributed by atoms with van der Waals surface area (Å²) >= 11 is 4.64. The highest BCUT2D eigenvalue weighted by molar-refractivity contribution is 7.78. The molecule has 0 heterocycles. The summed E-state index contributed by atoms with van der Waals surface area (Å²) in [7, 11) is 0. The maximum Gasteiger partial charge on any atom is 0.0739 e. The van der Waals surface area contributed by atoms with E-state index in [9.17, 15) is 0 Å². The van der Waals surface area contributed by atoms with Gasteiger partial charge in [-0.05, 0) is 79.3 Å². The summed E-state index contributed by atoms with van der Waals surface area (Å²) in [6, 6.07) is 8.65. The third-order valence-electron chi connectivity index (χ3n) is 5.28. The molecule has 2 heteroatoms. The van der Waals surface area contributed by atoms with Crippen molar-refractivity contribution in [2.24, 2.45) is 10.4 Å². The Hall–Kier alpha value is -0.980. The Morgan fingerprint density at radius 1 is 1.00 bits per heavy atom. The summed E-state index contributed by atoms with van der Waals surface area (Å²) in [6.07, 6.45) is 8.27. The SMILES string of the molecule is CC12CCC(c3ccc(N=C=S)cc3)(CC1)CC2. The van der Waals surface area contributed by atoms with E-state index in [4.69, 9.17) is 0 Å². The average Bonchev–Trinajstić information content (AvgIpc) is 2.41. The molecule has 1 aromatic rings. The van der Waals surface area contributed by atoms with Gasteiger partial charge < -0.3 is 0 Å². The predicted molar refractivity (Wildman–Crippen MR) is 78.6 cm³/mol. The molecule has 2 bridgehead atoms. The molecule has 0 aromatic heterocycles. The molecule has 94 valence electrons. The van der Waals surface area contributed by atoms with Crippen LogP contribution in [0.3, 0.4) is 0 Å². The van der Waals surface area contributed by atoms with Gasteiger partial charge in [0.15, 0.2) is 0 Å². The van der Waals surface area contributed by atoms with Crippen molar-refractivity contribution in [2.45, 2.75) is 50.9 Å². The molecule has 0 N–H and O–H groups in total. The quantitative estimate of drug-likeness (QED) is 0.534. The summed E-state index contributed by atoms with van der Waals surface area (Å²) < 4.78 is 0. The zero-order valence-electron chi connectivity index (χ0n) is 10.9. The first-order chi connectivity index (χ1) is 8.66. The molecule has 0 aliphatic heterocycles. The van der Waals surface area contributed by atoms with Crippen LogP contribution in [-0.4, -0.2) is 5.16 Å². The molecule has 0 spiro atoms. The second kappa shape index (κ2) is 4.29. The summed E-state index contributed by atoms with van der Waals surface area (Å²) in [4.78, 5) is 4.03. The molecular weight excluding hydrogens is 238 g/mol. The standard InChI is InChI=1S/C16H19NS/c1-15-6-9-16(10-7-15,11-8-15)13-2-4-14(5-3-13)17-12-18/h2-5H,6-11H2,1H3. The molecule has 3 saturated carbocycles. The van der Waals surface area contributed by atoms with Gasteiger partial charge in [0.2, 0.25) is 0 Å². The molecule has 3 aliphatic carbocycles. The van der Waals surface area contributed by atoms with Gasteiger partial charge in [-0.1, -0.05) is 19.1 Å². The maximum atomic E-state index is 4.64. The summed E-state index contributed by atoms with van der Waals surface area (Å²) in [5.41, 5.74) is 3.52. The molecule has 18 heavy (non-hydrogen) atoms. The van der Waals surface area contributed by atoms with Gasteiger partial charge in [0.05, 0.1) is 10.8 Å². The van der Waals surface area contributed by atoms with Gasteiger partial charge in [-0.3, -0.25) is 0 Å². The Morgan fingerprint density at radius 2 is 1.56 bits per heavy atom. The lowest BCUT2D eigenvalue weighted by Crippen LogP contribution is -2.42. The van der Waals surface area contributed by atoms with E-state index in [1.54, 1.807) is 0 Å². The molecule has 0 radical (unpaired) electrons. The van der Waals surface area contributed by atoms with Crippen LogP contribution in [0.2, 0.25) is 0 Å². The molecule has 0 saturated heterocycles. The first kappa shape index (κ1) is 12.1. The van der Waals surface area contributed by atoms with Crippen molar-refractivity contribution in [2.75, 3.05) is 0 Å². The normalized spacial score (nSPS) is 34.1. The highest BCUT2D eigenvalue weighted by Gasteiger charge is 2.46. The van der Waals surface area contributed by atoms with Crippen LogP contribution in [0.25, 0.3) is 0 Å². The lowest BCUT2D eigenvalue weighted by atomic mass is 9.52. The Morgan fingerprint density at radius 3 is 2.06 bits per heavy atom. The second-order valence-electron chi connectivity index (χ2n) is 6.34. The minimum atomic E-state index is 0.456. The number of hydrogen-bond acceptors (Lipinski definition) is 2. The molecule has 1 aromatic carbocycles. The van der Waals surface area contributed by atoms with Crippen molar-refractivity contribution in [1.82, 2.24) is 0 Å². The van der Waals surface area contributed by atoms with Crippen LogP contribution in [0.1, 0.15) is 51.0 Å². The minimum Gasteiger partial charge on any atom is -0.195 e. The van der Waals surface area contributed by atoms with Gasteiger partial charge in [0.25, 0.3) is 0 Å². The van der Waals surface area contributed by atoms with E-state index in [1.807, 2.05) is 0 Å². The number of nitrogens with zero attached hydrogens (tertiary/aromatic N) is 1. The molecule has 3 fully saturated rings. The monoisotopic (exact) mass is 257 g/mol. The van der Waals surface area contributed by atoms with Gasteiger partial charge >= 0.3 is 0 Å². The van der Waals surface area contributed by atoms with Crippen molar-refractivity contribution < 1.29 is 0 Å². The van der Waals surface area contributed by atoms with Gasteiger partial charge in [-0.15, -0.1) is 0 Å². The summed E-state index contributed by atoms with van der Waals surface area (Å²) in [5.74, 6) is 0. The Kier molecular flexibility index (Phi) is 2.88. The third kappa shape index (κ3) is 1.94. The van der Waals surface area contributed by atoms with Gasteiger partial charge in [-0.2, -0.15) is 4.99 Å². The molecule has 1 nitrogen and oxygen atoms in total. The molecular formula is C16H19NS.